The van der Waals surface area contributed by atoms with Crippen LogP contribution in [-0.4, -0.2) is 11.1 Å². The molecule has 7 heteroatoms. The average molecular weight is 237 g/mol. The second-order valence-electron chi connectivity index (χ2n) is 3.02. The topological polar surface area (TPSA) is 63.3 Å². The number of halogens is 4. The number of alkyl halides is 3. The number of benzene rings is 1. The average Bonchev–Trinajstić information content (AvgIpc) is 2.14. The number of carboxylic acids is 1. The Bertz CT molecular complexity index is 416. The van der Waals surface area contributed by atoms with Crippen molar-refractivity contribution in [1.29, 1.82) is 0 Å². The lowest BCUT2D eigenvalue weighted by molar-refractivity contribution is -0.142. The van der Waals surface area contributed by atoms with Gasteiger partial charge in [0.2, 0.25) is 0 Å². The smallest absolute Gasteiger partial charge is 0.419 e. The molecule has 3 N–H and O–H groups in total. The number of aliphatic carboxylic acids is 1. The molecule has 0 aliphatic heterocycles. The second-order valence-corrected chi connectivity index (χ2v) is 3.02. The molecule has 1 aromatic rings. The van der Waals surface area contributed by atoms with Gasteiger partial charge in [-0.2, -0.15) is 13.2 Å². The zero-order valence-electron chi connectivity index (χ0n) is 7.75. The van der Waals surface area contributed by atoms with E-state index in [1.54, 1.807) is 0 Å². The maximum Gasteiger partial charge on any atom is 0.419 e. The SMILES string of the molecule is N[C@H](C(=O)O)c1cccc(F)c1C(F)(F)F. The van der Waals surface area contributed by atoms with Crippen molar-refractivity contribution >= 4 is 5.97 Å². The lowest BCUT2D eigenvalue weighted by Crippen LogP contribution is -2.25. The van der Waals surface area contributed by atoms with Crippen LogP contribution in [0.15, 0.2) is 18.2 Å². The first kappa shape index (κ1) is 12.4. The summed E-state index contributed by atoms with van der Waals surface area (Å²) in [6.07, 6.45) is -4.98. The lowest BCUT2D eigenvalue weighted by Gasteiger charge is -2.15. The summed E-state index contributed by atoms with van der Waals surface area (Å²) in [5.74, 6) is -3.20. The minimum atomic E-state index is -4.98. The van der Waals surface area contributed by atoms with Gasteiger partial charge in [-0.3, -0.25) is 4.79 Å². The third kappa shape index (κ3) is 2.30. The van der Waals surface area contributed by atoms with Crippen LogP contribution in [0.5, 0.6) is 0 Å². The molecule has 0 spiro atoms. The zero-order valence-corrected chi connectivity index (χ0v) is 7.75. The predicted octanol–water partition coefficient (Wildman–Crippen LogP) is 1.93. The van der Waals surface area contributed by atoms with Crippen molar-refractivity contribution < 1.29 is 27.5 Å². The summed E-state index contributed by atoms with van der Waals surface area (Å²) in [6, 6.07) is 0.501. The van der Waals surface area contributed by atoms with Crippen LogP contribution in [0, 0.1) is 5.82 Å². The summed E-state index contributed by atoms with van der Waals surface area (Å²) in [6.45, 7) is 0. The first-order chi connectivity index (χ1) is 7.25. The van der Waals surface area contributed by atoms with E-state index in [0.717, 1.165) is 12.1 Å². The van der Waals surface area contributed by atoms with Gasteiger partial charge in [0.15, 0.2) is 0 Å². The molecule has 0 heterocycles. The molecule has 0 amide bonds. The van der Waals surface area contributed by atoms with Crippen LogP contribution in [0.25, 0.3) is 0 Å². The van der Waals surface area contributed by atoms with E-state index in [0.29, 0.717) is 6.07 Å². The first-order valence-corrected chi connectivity index (χ1v) is 4.09. The Morgan fingerprint density at radius 3 is 2.38 bits per heavy atom. The number of nitrogens with two attached hydrogens (primary N) is 1. The summed E-state index contributed by atoms with van der Waals surface area (Å²) >= 11 is 0. The van der Waals surface area contributed by atoms with E-state index in [1.165, 1.54) is 0 Å². The van der Waals surface area contributed by atoms with Crippen molar-refractivity contribution in [2.24, 2.45) is 5.73 Å². The van der Waals surface area contributed by atoms with E-state index in [4.69, 9.17) is 10.8 Å². The Kier molecular flexibility index (Phi) is 3.18. The van der Waals surface area contributed by atoms with Gasteiger partial charge in [0.25, 0.3) is 0 Å². The normalized spacial score (nSPS) is 13.6. The van der Waals surface area contributed by atoms with Crippen molar-refractivity contribution in [2.75, 3.05) is 0 Å². The van der Waals surface area contributed by atoms with Gasteiger partial charge in [-0.05, 0) is 11.6 Å². The van der Waals surface area contributed by atoms with E-state index in [-0.39, 0.29) is 0 Å². The van der Waals surface area contributed by atoms with Crippen LogP contribution < -0.4 is 5.73 Å². The van der Waals surface area contributed by atoms with E-state index in [9.17, 15) is 22.4 Å². The summed E-state index contributed by atoms with van der Waals surface area (Å²) in [7, 11) is 0. The molecule has 16 heavy (non-hydrogen) atoms. The molecule has 0 saturated heterocycles. The fourth-order valence-electron chi connectivity index (χ4n) is 1.23. The van der Waals surface area contributed by atoms with Gasteiger partial charge in [-0.15, -0.1) is 0 Å². The molecule has 1 atom stereocenters. The molecule has 0 saturated carbocycles. The zero-order chi connectivity index (χ0) is 12.5. The number of hydrogen-bond acceptors (Lipinski definition) is 2. The van der Waals surface area contributed by atoms with Crippen molar-refractivity contribution in [3.05, 3.63) is 35.1 Å². The fraction of sp³-hybridized carbons (Fsp3) is 0.222. The molecule has 0 fully saturated rings. The highest BCUT2D eigenvalue weighted by molar-refractivity contribution is 5.75. The summed E-state index contributed by atoms with van der Waals surface area (Å²) in [5.41, 5.74) is 2.61. The third-order valence-electron chi connectivity index (χ3n) is 1.93. The standard InChI is InChI=1S/C9H7F4NO2/c10-5-3-1-2-4(7(14)8(15)16)6(5)9(11,12)13/h1-3,7H,14H2,(H,15,16)/t7-/m0/s1. The van der Waals surface area contributed by atoms with Crippen LogP contribution in [0.1, 0.15) is 17.2 Å². The van der Waals surface area contributed by atoms with Crippen LogP contribution in [0.4, 0.5) is 17.6 Å². The van der Waals surface area contributed by atoms with Gasteiger partial charge in [-0.25, -0.2) is 4.39 Å². The Morgan fingerprint density at radius 1 is 1.38 bits per heavy atom. The monoisotopic (exact) mass is 237 g/mol. The maximum absolute atomic E-state index is 13.0. The summed E-state index contributed by atoms with van der Waals surface area (Å²) in [4.78, 5) is 10.5. The van der Waals surface area contributed by atoms with Gasteiger partial charge in [-0.1, -0.05) is 12.1 Å². The Balaban J connectivity index is 3.40. The minimum absolute atomic E-state index is 0.598. The van der Waals surface area contributed by atoms with Crippen LogP contribution in [0.2, 0.25) is 0 Å². The number of carboxylic acid groups (broad SMARTS) is 1. The van der Waals surface area contributed by atoms with E-state index in [2.05, 4.69) is 0 Å². The molecule has 0 bridgehead atoms. The fourth-order valence-corrected chi connectivity index (χ4v) is 1.23. The minimum Gasteiger partial charge on any atom is -0.480 e. The van der Waals surface area contributed by atoms with Gasteiger partial charge in [0, 0.05) is 0 Å². The quantitative estimate of drug-likeness (QED) is 0.772. The second kappa shape index (κ2) is 4.09. The summed E-state index contributed by atoms with van der Waals surface area (Å²) < 4.78 is 50.3. The van der Waals surface area contributed by atoms with Crippen molar-refractivity contribution in [3.8, 4) is 0 Å². The summed E-state index contributed by atoms with van der Waals surface area (Å²) in [5, 5.41) is 8.50. The van der Waals surface area contributed by atoms with Gasteiger partial charge in [0.1, 0.15) is 11.9 Å². The first-order valence-electron chi connectivity index (χ1n) is 4.09. The van der Waals surface area contributed by atoms with Crippen molar-refractivity contribution in [1.82, 2.24) is 0 Å². The molecule has 0 aromatic heterocycles. The third-order valence-corrected chi connectivity index (χ3v) is 1.93. The van der Waals surface area contributed by atoms with Crippen molar-refractivity contribution in [2.45, 2.75) is 12.2 Å². The number of carbonyl (C=O) groups is 1. The Morgan fingerprint density at radius 2 is 1.94 bits per heavy atom. The maximum atomic E-state index is 13.0. The van der Waals surface area contributed by atoms with Gasteiger partial charge >= 0.3 is 12.1 Å². The predicted molar refractivity (Wildman–Crippen MR) is 46.0 cm³/mol. The molecule has 0 radical (unpaired) electrons. The van der Waals surface area contributed by atoms with Crippen LogP contribution in [-0.2, 0) is 11.0 Å². The molecule has 0 aliphatic carbocycles. The number of rotatable bonds is 2. The number of hydrogen-bond donors (Lipinski definition) is 2. The molecule has 1 aromatic carbocycles. The van der Waals surface area contributed by atoms with Crippen molar-refractivity contribution in [3.63, 3.8) is 0 Å². The largest absolute Gasteiger partial charge is 0.480 e. The molecule has 1 rings (SSSR count). The van der Waals surface area contributed by atoms with E-state index in [1.807, 2.05) is 0 Å². The Hall–Kier alpha value is -1.63. The molecule has 88 valence electrons. The molecular weight excluding hydrogens is 230 g/mol. The Labute approximate surface area is 87.5 Å². The van der Waals surface area contributed by atoms with Crippen LogP contribution in [0.3, 0.4) is 0 Å². The highest BCUT2D eigenvalue weighted by atomic mass is 19.4. The molecule has 0 unspecified atom stereocenters. The van der Waals surface area contributed by atoms with E-state index < -0.39 is 35.1 Å². The van der Waals surface area contributed by atoms with Gasteiger partial charge in [0.05, 0.1) is 5.56 Å². The molecule has 0 aliphatic rings. The molecule has 3 nitrogen and oxygen atoms in total. The lowest BCUT2D eigenvalue weighted by atomic mass is 10.00. The highest BCUT2D eigenvalue weighted by Gasteiger charge is 2.39. The van der Waals surface area contributed by atoms with Crippen LogP contribution >= 0.6 is 0 Å². The van der Waals surface area contributed by atoms with Gasteiger partial charge < -0.3 is 10.8 Å². The molecular formula is C9H7F4NO2. The highest BCUT2D eigenvalue weighted by Crippen LogP contribution is 2.35. The van der Waals surface area contributed by atoms with E-state index >= 15 is 0 Å².